The molecule has 4 heteroatoms. The maximum absolute atomic E-state index is 11.0. The summed E-state index contributed by atoms with van der Waals surface area (Å²) >= 11 is 0. The molecule has 0 saturated heterocycles. The van der Waals surface area contributed by atoms with E-state index in [1.54, 1.807) is 12.3 Å². The summed E-state index contributed by atoms with van der Waals surface area (Å²) in [5, 5.41) is 10.0. The van der Waals surface area contributed by atoms with E-state index in [0.717, 1.165) is 27.7 Å². The summed E-state index contributed by atoms with van der Waals surface area (Å²) in [7, 11) is 0. The van der Waals surface area contributed by atoms with E-state index in [2.05, 4.69) is 9.97 Å². The van der Waals surface area contributed by atoms with Crippen molar-refractivity contribution in [1.29, 1.82) is 0 Å². The lowest BCUT2D eigenvalue weighted by Crippen LogP contribution is -1.97. The summed E-state index contributed by atoms with van der Waals surface area (Å²) in [6.45, 7) is 1.95. The van der Waals surface area contributed by atoms with Gasteiger partial charge in [0.15, 0.2) is 0 Å². The van der Waals surface area contributed by atoms with Crippen LogP contribution >= 0.6 is 0 Å². The quantitative estimate of drug-likeness (QED) is 0.771. The monoisotopic (exact) mass is 264 g/mol. The Kier molecular flexibility index (Phi) is 2.91. The first kappa shape index (κ1) is 12.3. The van der Waals surface area contributed by atoms with Crippen LogP contribution < -0.4 is 0 Å². The normalized spacial score (nSPS) is 10.7. The predicted molar refractivity (Wildman–Crippen MR) is 76.7 cm³/mol. The average Bonchev–Trinajstić information content (AvgIpc) is 2.47. The van der Waals surface area contributed by atoms with Gasteiger partial charge in [0.05, 0.1) is 11.1 Å². The fraction of sp³-hybridized carbons (Fsp3) is 0.0625. The number of carboxylic acids is 1. The summed E-state index contributed by atoms with van der Waals surface area (Å²) in [5.41, 5.74) is 3.80. The first-order valence-corrected chi connectivity index (χ1v) is 6.19. The van der Waals surface area contributed by atoms with Crippen LogP contribution in [0.25, 0.3) is 22.0 Å². The van der Waals surface area contributed by atoms with Gasteiger partial charge in [0.25, 0.3) is 0 Å². The fourth-order valence-corrected chi connectivity index (χ4v) is 2.12. The van der Waals surface area contributed by atoms with Crippen molar-refractivity contribution in [3.05, 3.63) is 60.0 Å². The van der Waals surface area contributed by atoms with E-state index in [1.165, 1.54) is 6.20 Å². The number of nitrogens with zero attached hydrogens (tertiary/aromatic N) is 2. The lowest BCUT2D eigenvalue weighted by Gasteiger charge is -2.05. The topological polar surface area (TPSA) is 63.1 Å². The van der Waals surface area contributed by atoms with Crippen LogP contribution in [0.5, 0.6) is 0 Å². The lowest BCUT2D eigenvalue weighted by molar-refractivity contribution is 0.0696. The summed E-state index contributed by atoms with van der Waals surface area (Å²) in [6, 6.07) is 11.4. The molecule has 0 aliphatic heterocycles. The Bertz CT molecular complexity index is 812. The number of aromatic nitrogens is 2. The number of hydrogen-bond donors (Lipinski definition) is 1. The molecule has 1 aromatic carbocycles. The predicted octanol–water partition coefficient (Wildman–Crippen LogP) is 3.30. The smallest absolute Gasteiger partial charge is 0.337 e. The van der Waals surface area contributed by atoms with Crippen molar-refractivity contribution in [2.24, 2.45) is 0 Å². The third-order valence-corrected chi connectivity index (χ3v) is 3.15. The van der Waals surface area contributed by atoms with Gasteiger partial charge in [-0.05, 0) is 36.8 Å². The van der Waals surface area contributed by atoms with Gasteiger partial charge in [0, 0.05) is 29.0 Å². The van der Waals surface area contributed by atoms with Gasteiger partial charge in [-0.25, -0.2) is 4.79 Å². The minimum absolute atomic E-state index is 0.185. The number of carbonyl (C=O) groups is 1. The molecule has 3 rings (SSSR count). The number of benzene rings is 1. The van der Waals surface area contributed by atoms with Gasteiger partial charge in [-0.3, -0.25) is 9.97 Å². The van der Waals surface area contributed by atoms with Crippen molar-refractivity contribution in [2.75, 3.05) is 0 Å². The molecule has 0 amide bonds. The molecule has 0 saturated carbocycles. The minimum Gasteiger partial charge on any atom is -0.478 e. The van der Waals surface area contributed by atoms with Crippen molar-refractivity contribution in [1.82, 2.24) is 9.97 Å². The third kappa shape index (κ3) is 2.23. The Morgan fingerprint density at radius 3 is 2.70 bits per heavy atom. The summed E-state index contributed by atoms with van der Waals surface area (Å²) < 4.78 is 0. The molecule has 2 heterocycles. The molecule has 0 aliphatic carbocycles. The number of carboxylic acid groups (broad SMARTS) is 1. The van der Waals surface area contributed by atoms with Crippen LogP contribution in [0.15, 0.2) is 48.8 Å². The summed E-state index contributed by atoms with van der Waals surface area (Å²) in [6.07, 6.45) is 3.01. The van der Waals surface area contributed by atoms with Crippen molar-refractivity contribution in [2.45, 2.75) is 6.92 Å². The summed E-state index contributed by atoms with van der Waals surface area (Å²) in [4.78, 5) is 19.4. The number of aromatic carboxylic acids is 1. The van der Waals surface area contributed by atoms with Crippen molar-refractivity contribution >= 4 is 16.9 Å². The van der Waals surface area contributed by atoms with E-state index in [0.29, 0.717) is 0 Å². The van der Waals surface area contributed by atoms with Crippen LogP contribution in [-0.2, 0) is 0 Å². The van der Waals surface area contributed by atoms with Gasteiger partial charge in [-0.1, -0.05) is 12.1 Å². The molecule has 0 atom stereocenters. The highest BCUT2D eigenvalue weighted by Crippen LogP contribution is 2.24. The molecular formula is C16H12N2O2. The van der Waals surface area contributed by atoms with Crippen molar-refractivity contribution in [3.63, 3.8) is 0 Å². The first-order chi connectivity index (χ1) is 9.63. The van der Waals surface area contributed by atoms with Crippen LogP contribution in [0.2, 0.25) is 0 Å². The van der Waals surface area contributed by atoms with E-state index in [1.807, 2.05) is 37.3 Å². The molecule has 0 unspecified atom stereocenters. The number of hydrogen-bond acceptors (Lipinski definition) is 3. The Balaban J connectivity index is 2.12. The zero-order chi connectivity index (χ0) is 14.1. The van der Waals surface area contributed by atoms with Gasteiger partial charge >= 0.3 is 5.97 Å². The molecule has 98 valence electrons. The molecule has 2 aromatic heterocycles. The molecule has 20 heavy (non-hydrogen) atoms. The Labute approximate surface area is 115 Å². The van der Waals surface area contributed by atoms with E-state index < -0.39 is 5.97 Å². The lowest BCUT2D eigenvalue weighted by atomic mass is 10.0. The Morgan fingerprint density at radius 2 is 1.90 bits per heavy atom. The van der Waals surface area contributed by atoms with Crippen LogP contribution in [-0.4, -0.2) is 21.0 Å². The molecule has 0 spiro atoms. The fourth-order valence-electron chi connectivity index (χ4n) is 2.12. The van der Waals surface area contributed by atoms with Crippen LogP contribution in [0, 0.1) is 6.92 Å². The molecule has 1 N–H and O–H groups in total. The minimum atomic E-state index is -0.975. The van der Waals surface area contributed by atoms with Gasteiger partial charge in [-0.15, -0.1) is 0 Å². The maximum Gasteiger partial charge on any atom is 0.337 e. The highest BCUT2D eigenvalue weighted by Gasteiger charge is 2.06. The zero-order valence-corrected chi connectivity index (χ0v) is 10.9. The standard InChI is InChI=1S/C16H12N2O2/c1-10-2-3-12-6-11(4-5-15(12)18-10)13-7-14(16(19)20)9-17-8-13/h2-9H,1H3,(H,19,20). The highest BCUT2D eigenvalue weighted by atomic mass is 16.4. The SMILES string of the molecule is Cc1ccc2cc(-c3cncc(C(=O)O)c3)ccc2n1. The molecule has 0 fully saturated rings. The number of rotatable bonds is 2. The molecule has 0 aliphatic rings. The molecule has 4 nitrogen and oxygen atoms in total. The van der Waals surface area contributed by atoms with E-state index in [4.69, 9.17) is 5.11 Å². The second kappa shape index (κ2) is 4.74. The number of fused-ring (bicyclic) bond motifs is 1. The average molecular weight is 264 g/mol. The summed E-state index contributed by atoms with van der Waals surface area (Å²) in [5.74, 6) is -0.975. The highest BCUT2D eigenvalue weighted by molar-refractivity contribution is 5.90. The number of pyridine rings is 2. The van der Waals surface area contributed by atoms with Crippen LogP contribution in [0.1, 0.15) is 16.1 Å². The number of aryl methyl sites for hydroxylation is 1. The zero-order valence-electron chi connectivity index (χ0n) is 10.9. The van der Waals surface area contributed by atoms with Gasteiger partial charge in [0.2, 0.25) is 0 Å². The Morgan fingerprint density at radius 1 is 1.05 bits per heavy atom. The molecule has 0 bridgehead atoms. The van der Waals surface area contributed by atoms with E-state index in [-0.39, 0.29) is 5.56 Å². The van der Waals surface area contributed by atoms with Crippen molar-refractivity contribution < 1.29 is 9.90 Å². The van der Waals surface area contributed by atoms with Crippen LogP contribution in [0.3, 0.4) is 0 Å². The Hall–Kier alpha value is -2.75. The van der Waals surface area contributed by atoms with Crippen LogP contribution in [0.4, 0.5) is 0 Å². The van der Waals surface area contributed by atoms with Crippen molar-refractivity contribution in [3.8, 4) is 11.1 Å². The van der Waals surface area contributed by atoms with Gasteiger partial charge < -0.3 is 5.11 Å². The third-order valence-electron chi connectivity index (χ3n) is 3.15. The van der Waals surface area contributed by atoms with Gasteiger partial charge in [0.1, 0.15) is 0 Å². The van der Waals surface area contributed by atoms with E-state index >= 15 is 0 Å². The maximum atomic E-state index is 11.0. The van der Waals surface area contributed by atoms with Gasteiger partial charge in [-0.2, -0.15) is 0 Å². The first-order valence-electron chi connectivity index (χ1n) is 6.19. The molecular weight excluding hydrogens is 252 g/mol. The van der Waals surface area contributed by atoms with E-state index in [9.17, 15) is 4.79 Å². The second-order valence-corrected chi connectivity index (χ2v) is 4.63. The molecule has 3 aromatic rings. The molecule has 0 radical (unpaired) electrons. The second-order valence-electron chi connectivity index (χ2n) is 4.63. The largest absolute Gasteiger partial charge is 0.478 e.